The summed E-state index contributed by atoms with van der Waals surface area (Å²) in [5.41, 5.74) is 1.02. The number of nitrogens with one attached hydrogen (secondary N) is 1. The number of sulfonamides is 1. The maximum atomic E-state index is 12.8. The number of nitrogens with zero attached hydrogens (tertiary/aromatic N) is 1. The van der Waals surface area contributed by atoms with Crippen molar-refractivity contribution in [3.8, 4) is 0 Å². The van der Waals surface area contributed by atoms with Gasteiger partial charge in [0.15, 0.2) is 0 Å². The number of hydrogen-bond donors (Lipinski definition) is 1. The van der Waals surface area contributed by atoms with Gasteiger partial charge in [0.1, 0.15) is 0 Å². The largest absolute Gasteiger partial charge is 0.382 e. The smallest absolute Gasteiger partial charge is 0.264 e. The summed E-state index contributed by atoms with van der Waals surface area (Å²) in [4.78, 5) is 12.1. The number of anilines is 2. The second-order valence-electron chi connectivity index (χ2n) is 5.68. The highest BCUT2D eigenvalue weighted by atomic mass is 32.2. The van der Waals surface area contributed by atoms with Crippen molar-refractivity contribution in [1.82, 2.24) is 0 Å². The van der Waals surface area contributed by atoms with Crippen LogP contribution in [0.1, 0.15) is 19.8 Å². The molecular formula is C19H24N2O4S. The minimum Gasteiger partial charge on any atom is -0.382 e. The van der Waals surface area contributed by atoms with E-state index in [2.05, 4.69) is 5.32 Å². The van der Waals surface area contributed by atoms with Crippen molar-refractivity contribution in [3.05, 3.63) is 54.6 Å². The maximum Gasteiger partial charge on any atom is 0.264 e. The molecule has 0 heterocycles. The van der Waals surface area contributed by atoms with E-state index in [1.54, 1.807) is 36.4 Å². The van der Waals surface area contributed by atoms with Crippen LogP contribution in [-0.4, -0.2) is 34.6 Å². The molecule has 2 aromatic carbocycles. The number of carbonyl (C=O) groups is 1. The summed E-state index contributed by atoms with van der Waals surface area (Å²) < 4.78 is 32.0. The van der Waals surface area contributed by atoms with Crippen LogP contribution in [0.3, 0.4) is 0 Å². The molecule has 0 radical (unpaired) electrons. The monoisotopic (exact) mass is 376 g/mol. The molecule has 6 nitrogen and oxygen atoms in total. The molecule has 0 saturated carbocycles. The second kappa shape index (κ2) is 9.35. The van der Waals surface area contributed by atoms with Crippen LogP contribution in [0.2, 0.25) is 0 Å². The van der Waals surface area contributed by atoms with E-state index in [9.17, 15) is 13.2 Å². The van der Waals surface area contributed by atoms with Crippen LogP contribution >= 0.6 is 0 Å². The lowest BCUT2D eigenvalue weighted by atomic mass is 10.2. The van der Waals surface area contributed by atoms with Crippen LogP contribution in [-0.2, 0) is 19.6 Å². The number of benzene rings is 2. The van der Waals surface area contributed by atoms with Crippen molar-refractivity contribution in [2.75, 3.05) is 29.9 Å². The highest BCUT2D eigenvalue weighted by Gasteiger charge is 2.21. The Balaban J connectivity index is 2.09. The summed E-state index contributed by atoms with van der Waals surface area (Å²) in [6.45, 7) is 3.05. The summed E-state index contributed by atoms with van der Waals surface area (Å²) >= 11 is 0. The summed E-state index contributed by atoms with van der Waals surface area (Å²) in [5.74, 6) is -0.171. The molecule has 2 rings (SSSR count). The molecule has 0 aromatic heterocycles. The molecule has 0 spiro atoms. The molecule has 26 heavy (non-hydrogen) atoms. The number of ether oxygens (including phenoxy) is 1. The summed E-state index contributed by atoms with van der Waals surface area (Å²) in [5, 5.41) is 2.73. The molecule has 0 aliphatic rings. The van der Waals surface area contributed by atoms with Gasteiger partial charge in [-0.25, -0.2) is 8.42 Å². The van der Waals surface area contributed by atoms with Gasteiger partial charge < -0.3 is 10.1 Å². The molecule has 0 aliphatic carbocycles. The van der Waals surface area contributed by atoms with Gasteiger partial charge in [0.25, 0.3) is 10.0 Å². The maximum absolute atomic E-state index is 12.8. The molecule has 140 valence electrons. The van der Waals surface area contributed by atoms with Gasteiger partial charge >= 0.3 is 0 Å². The number of amides is 1. The van der Waals surface area contributed by atoms with Gasteiger partial charge in [-0.05, 0) is 43.7 Å². The third kappa shape index (κ3) is 5.31. The first-order valence-corrected chi connectivity index (χ1v) is 9.91. The summed E-state index contributed by atoms with van der Waals surface area (Å²) in [7, 11) is -2.21. The van der Waals surface area contributed by atoms with Crippen molar-refractivity contribution in [2.24, 2.45) is 0 Å². The molecule has 0 saturated heterocycles. The summed E-state index contributed by atoms with van der Waals surface area (Å²) in [6.07, 6.45) is 0.940. The second-order valence-corrected chi connectivity index (χ2v) is 7.65. The standard InChI is InChI=1S/C19H24N2O4S/c1-3-25-14-8-13-19(22)20-16-9-7-12-18(15-16)26(23,24)21(2)17-10-5-4-6-11-17/h4-7,9-12,15H,3,8,13-14H2,1-2H3,(H,20,22). The predicted octanol–water partition coefficient (Wildman–Crippen LogP) is 3.27. The lowest BCUT2D eigenvalue weighted by Crippen LogP contribution is -2.26. The zero-order valence-corrected chi connectivity index (χ0v) is 15.8. The van der Waals surface area contributed by atoms with E-state index in [0.717, 1.165) is 0 Å². The molecule has 0 aliphatic heterocycles. The van der Waals surface area contributed by atoms with Crippen LogP contribution in [0.5, 0.6) is 0 Å². The average molecular weight is 376 g/mol. The Morgan fingerprint density at radius 3 is 2.54 bits per heavy atom. The topological polar surface area (TPSA) is 75.7 Å². The molecule has 1 N–H and O–H groups in total. The van der Waals surface area contributed by atoms with E-state index in [1.165, 1.54) is 23.5 Å². The van der Waals surface area contributed by atoms with Crippen molar-refractivity contribution < 1.29 is 17.9 Å². The molecule has 1 amide bonds. The Kier molecular flexibility index (Phi) is 7.17. The minimum absolute atomic E-state index is 0.121. The summed E-state index contributed by atoms with van der Waals surface area (Å²) in [6, 6.07) is 15.1. The van der Waals surface area contributed by atoms with Gasteiger partial charge in [-0.2, -0.15) is 0 Å². The Labute approximate surface area is 154 Å². The quantitative estimate of drug-likeness (QED) is 0.682. The van der Waals surface area contributed by atoms with Gasteiger partial charge in [0.2, 0.25) is 5.91 Å². The van der Waals surface area contributed by atoms with Gasteiger partial charge in [-0.3, -0.25) is 9.10 Å². The SMILES string of the molecule is CCOCCCC(=O)Nc1cccc(S(=O)(=O)N(C)c2ccccc2)c1. The third-order valence-electron chi connectivity index (χ3n) is 3.79. The molecule has 0 atom stereocenters. The zero-order valence-electron chi connectivity index (χ0n) is 15.0. The molecule has 2 aromatic rings. The van der Waals surface area contributed by atoms with E-state index in [1.807, 2.05) is 13.0 Å². The predicted molar refractivity (Wildman–Crippen MR) is 103 cm³/mol. The van der Waals surface area contributed by atoms with Crippen molar-refractivity contribution in [3.63, 3.8) is 0 Å². The molecule has 0 fully saturated rings. The molecule has 7 heteroatoms. The van der Waals surface area contributed by atoms with Crippen LogP contribution < -0.4 is 9.62 Å². The number of rotatable bonds is 9. The number of hydrogen-bond acceptors (Lipinski definition) is 4. The van der Waals surface area contributed by atoms with E-state index >= 15 is 0 Å². The van der Waals surface area contributed by atoms with Gasteiger partial charge in [-0.1, -0.05) is 24.3 Å². The minimum atomic E-state index is -3.71. The number of carbonyl (C=O) groups excluding carboxylic acids is 1. The highest BCUT2D eigenvalue weighted by Crippen LogP contribution is 2.23. The van der Waals surface area contributed by atoms with E-state index < -0.39 is 10.0 Å². The van der Waals surface area contributed by atoms with Crippen molar-refractivity contribution in [2.45, 2.75) is 24.7 Å². The fourth-order valence-corrected chi connectivity index (χ4v) is 3.61. The number of para-hydroxylation sites is 1. The lowest BCUT2D eigenvalue weighted by molar-refractivity contribution is -0.116. The van der Waals surface area contributed by atoms with E-state index in [-0.39, 0.29) is 10.8 Å². The van der Waals surface area contributed by atoms with Crippen LogP contribution in [0, 0.1) is 0 Å². The van der Waals surface area contributed by atoms with Gasteiger partial charge in [0.05, 0.1) is 10.6 Å². The van der Waals surface area contributed by atoms with E-state index in [4.69, 9.17) is 4.74 Å². The first-order chi connectivity index (χ1) is 12.4. The normalized spacial score (nSPS) is 11.2. The Morgan fingerprint density at radius 1 is 1.12 bits per heavy atom. The Hall–Kier alpha value is -2.38. The Bertz CT molecular complexity index is 822. The van der Waals surface area contributed by atoms with Crippen molar-refractivity contribution in [1.29, 1.82) is 0 Å². The van der Waals surface area contributed by atoms with Crippen molar-refractivity contribution >= 4 is 27.3 Å². The molecular weight excluding hydrogens is 352 g/mol. The Morgan fingerprint density at radius 2 is 1.85 bits per heavy atom. The first-order valence-electron chi connectivity index (χ1n) is 8.47. The molecule has 0 unspecified atom stereocenters. The van der Waals surface area contributed by atoms with Crippen LogP contribution in [0.25, 0.3) is 0 Å². The molecule has 0 bridgehead atoms. The van der Waals surface area contributed by atoms with Crippen LogP contribution in [0.4, 0.5) is 11.4 Å². The van der Waals surface area contributed by atoms with Crippen LogP contribution in [0.15, 0.2) is 59.5 Å². The fourth-order valence-electron chi connectivity index (χ4n) is 2.37. The highest BCUT2D eigenvalue weighted by molar-refractivity contribution is 7.92. The third-order valence-corrected chi connectivity index (χ3v) is 5.57. The first kappa shape index (κ1) is 19.9. The van der Waals surface area contributed by atoms with Gasteiger partial charge in [0, 0.05) is 32.4 Å². The zero-order chi connectivity index (χ0) is 19.0. The fraction of sp³-hybridized carbons (Fsp3) is 0.316. The van der Waals surface area contributed by atoms with Gasteiger partial charge in [-0.15, -0.1) is 0 Å². The average Bonchev–Trinajstić information content (AvgIpc) is 2.65. The lowest BCUT2D eigenvalue weighted by Gasteiger charge is -2.19. The van der Waals surface area contributed by atoms with E-state index in [0.29, 0.717) is 37.4 Å².